The number of aliphatic imine (C=N–C) groups is 1. The summed E-state index contributed by atoms with van der Waals surface area (Å²) in [6.45, 7) is 1.54. The average Bonchev–Trinajstić information content (AvgIpc) is 2.61. The Kier molecular flexibility index (Phi) is 3.08. The molecular formula is C11H12N2O4S. The van der Waals surface area contributed by atoms with E-state index in [-0.39, 0.29) is 10.7 Å². The van der Waals surface area contributed by atoms with Gasteiger partial charge in [0.05, 0.1) is 12.0 Å². The summed E-state index contributed by atoms with van der Waals surface area (Å²) in [5.74, 6) is -0.352. The number of amidine groups is 1. The van der Waals surface area contributed by atoms with E-state index in [0.29, 0.717) is 5.56 Å². The Morgan fingerprint density at radius 3 is 2.72 bits per heavy atom. The van der Waals surface area contributed by atoms with Gasteiger partial charge in [0.15, 0.2) is 0 Å². The van der Waals surface area contributed by atoms with Crippen molar-refractivity contribution in [1.82, 2.24) is 4.72 Å². The number of hydrogen-bond donors (Lipinski definition) is 1. The zero-order chi connectivity index (χ0) is 13.3. The number of fused-ring (bicyclic) bond motifs is 1. The second-order valence-corrected chi connectivity index (χ2v) is 5.43. The van der Waals surface area contributed by atoms with E-state index in [9.17, 15) is 13.2 Å². The zero-order valence-corrected chi connectivity index (χ0v) is 10.7. The monoisotopic (exact) mass is 268 g/mol. The topological polar surface area (TPSA) is 84.8 Å². The van der Waals surface area contributed by atoms with E-state index in [1.54, 1.807) is 18.2 Å². The van der Waals surface area contributed by atoms with Crippen LogP contribution in [0.1, 0.15) is 12.5 Å². The molecule has 0 saturated carbocycles. The fourth-order valence-corrected chi connectivity index (χ4v) is 2.89. The van der Waals surface area contributed by atoms with Crippen LogP contribution < -0.4 is 4.72 Å². The van der Waals surface area contributed by atoms with E-state index in [0.717, 1.165) is 0 Å². The second-order valence-electron chi connectivity index (χ2n) is 3.78. The summed E-state index contributed by atoms with van der Waals surface area (Å²) in [5.41, 5.74) is 0.466. The van der Waals surface area contributed by atoms with Gasteiger partial charge in [-0.15, -0.1) is 0 Å². The van der Waals surface area contributed by atoms with Crippen molar-refractivity contribution in [2.24, 2.45) is 4.99 Å². The lowest BCUT2D eigenvalue weighted by Gasteiger charge is -2.05. The van der Waals surface area contributed by atoms with Gasteiger partial charge in [-0.1, -0.05) is 12.1 Å². The van der Waals surface area contributed by atoms with Crippen LogP contribution in [0.25, 0.3) is 0 Å². The predicted octanol–water partition coefficient (Wildman–Crippen LogP) is 0.287. The minimum Gasteiger partial charge on any atom is -0.467 e. The maximum absolute atomic E-state index is 11.8. The first-order chi connectivity index (χ1) is 8.45. The Hall–Kier alpha value is -1.89. The summed E-state index contributed by atoms with van der Waals surface area (Å²) < 4.78 is 30.4. The van der Waals surface area contributed by atoms with E-state index in [2.05, 4.69) is 14.5 Å². The molecular weight excluding hydrogens is 256 g/mol. The summed E-state index contributed by atoms with van der Waals surface area (Å²) >= 11 is 0. The molecule has 96 valence electrons. The first-order valence-electron chi connectivity index (χ1n) is 5.23. The molecule has 2 rings (SSSR count). The lowest BCUT2D eigenvalue weighted by molar-refractivity contribution is -0.141. The predicted molar refractivity (Wildman–Crippen MR) is 64.8 cm³/mol. The molecule has 1 atom stereocenters. The van der Waals surface area contributed by atoms with E-state index < -0.39 is 22.0 Å². The van der Waals surface area contributed by atoms with Gasteiger partial charge in [0.25, 0.3) is 10.0 Å². The molecule has 0 spiro atoms. The Morgan fingerprint density at radius 1 is 1.39 bits per heavy atom. The lowest BCUT2D eigenvalue weighted by Crippen LogP contribution is -2.26. The average molecular weight is 268 g/mol. The zero-order valence-electron chi connectivity index (χ0n) is 9.88. The van der Waals surface area contributed by atoms with Gasteiger partial charge >= 0.3 is 5.97 Å². The molecule has 0 aromatic heterocycles. The maximum Gasteiger partial charge on any atom is 0.330 e. The molecule has 0 aliphatic carbocycles. The number of carbonyl (C=O) groups excluding carboxylic acids is 1. The smallest absolute Gasteiger partial charge is 0.330 e. The van der Waals surface area contributed by atoms with Crippen LogP contribution in [0.5, 0.6) is 0 Å². The molecule has 1 N–H and O–H groups in total. The minimum atomic E-state index is -3.57. The standard InChI is InChI=1S/C11H12N2O4S/c1-7(11(14)17-2)12-10-8-5-3-4-6-9(8)18(15,16)13-10/h3-7H,1-2H3,(H,12,13)/t7-/m1/s1. The van der Waals surface area contributed by atoms with Gasteiger partial charge in [-0.3, -0.25) is 9.71 Å². The lowest BCUT2D eigenvalue weighted by atomic mass is 10.2. The van der Waals surface area contributed by atoms with Crippen LogP contribution in [0, 0.1) is 0 Å². The number of ether oxygens (including phenoxy) is 1. The molecule has 1 aromatic carbocycles. The summed E-state index contributed by atoms with van der Waals surface area (Å²) in [4.78, 5) is 15.5. The molecule has 18 heavy (non-hydrogen) atoms. The SMILES string of the molecule is COC(=O)[C@@H](C)N=C1NS(=O)(=O)c2ccccc21. The number of hydrogen-bond acceptors (Lipinski definition) is 5. The number of carbonyl (C=O) groups is 1. The van der Waals surface area contributed by atoms with Crippen molar-refractivity contribution < 1.29 is 17.9 Å². The van der Waals surface area contributed by atoms with E-state index in [1.165, 1.54) is 20.1 Å². The van der Waals surface area contributed by atoms with Crippen LogP contribution in [0.15, 0.2) is 34.2 Å². The van der Waals surface area contributed by atoms with Crippen LogP contribution in [-0.4, -0.2) is 33.4 Å². The normalized spacial score (nSPS) is 20.0. The van der Waals surface area contributed by atoms with Crippen LogP contribution in [0.4, 0.5) is 0 Å². The summed E-state index contributed by atoms with van der Waals surface area (Å²) in [6.07, 6.45) is 0. The molecule has 0 amide bonds. The van der Waals surface area contributed by atoms with Crippen LogP contribution in [0.3, 0.4) is 0 Å². The maximum atomic E-state index is 11.8. The van der Waals surface area contributed by atoms with Crippen molar-refractivity contribution in [3.8, 4) is 0 Å². The molecule has 0 radical (unpaired) electrons. The van der Waals surface area contributed by atoms with E-state index >= 15 is 0 Å². The summed E-state index contributed by atoms with van der Waals surface area (Å²) in [7, 11) is -2.31. The third kappa shape index (κ3) is 2.08. The Bertz CT molecular complexity index is 622. The van der Waals surface area contributed by atoms with Crippen molar-refractivity contribution in [1.29, 1.82) is 0 Å². The molecule has 0 unspecified atom stereocenters. The molecule has 6 nitrogen and oxygen atoms in total. The number of rotatable bonds is 2. The molecule has 7 heteroatoms. The van der Waals surface area contributed by atoms with Gasteiger partial charge in [-0.25, -0.2) is 13.2 Å². The third-order valence-corrected chi connectivity index (χ3v) is 3.92. The second kappa shape index (κ2) is 4.41. The highest BCUT2D eigenvalue weighted by Crippen LogP contribution is 2.22. The van der Waals surface area contributed by atoms with Crippen LogP contribution >= 0.6 is 0 Å². The molecule has 0 saturated heterocycles. The van der Waals surface area contributed by atoms with Crippen LogP contribution in [-0.2, 0) is 19.6 Å². The number of sulfonamides is 1. The van der Waals surface area contributed by atoms with Crippen molar-refractivity contribution >= 4 is 21.8 Å². The van der Waals surface area contributed by atoms with E-state index in [1.807, 2.05) is 0 Å². The quantitative estimate of drug-likeness (QED) is 0.781. The largest absolute Gasteiger partial charge is 0.467 e. The van der Waals surface area contributed by atoms with Crippen molar-refractivity contribution in [2.75, 3.05) is 7.11 Å². The van der Waals surface area contributed by atoms with E-state index in [4.69, 9.17) is 0 Å². The van der Waals surface area contributed by atoms with Gasteiger partial charge in [-0.05, 0) is 19.1 Å². The molecule has 1 aromatic rings. The minimum absolute atomic E-state index is 0.167. The Labute approximate surface area is 105 Å². The van der Waals surface area contributed by atoms with Gasteiger partial charge in [0, 0.05) is 5.56 Å². The van der Waals surface area contributed by atoms with Crippen molar-refractivity contribution in [3.63, 3.8) is 0 Å². The highest BCUT2D eigenvalue weighted by molar-refractivity contribution is 7.90. The highest BCUT2D eigenvalue weighted by Gasteiger charge is 2.31. The number of nitrogens with zero attached hydrogens (tertiary/aromatic N) is 1. The first-order valence-corrected chi connectivity index (χ1v) is 6.72. The van der Waals surface area contributed by atoms with Gasteiger partial charge < -0.3 is 4.74 Å². The van der Waals surface area contributed by atoms with Crippen LogP contribution in [0.2, 0.25) is 0 Å². The molecule has 1 aliphatic heterocycles. The fraction of sp³-hybridized carbons (Fsp3) is 0.273. The molecule has 0 fully saturated rings. The number of benzene rings is 1. The number of esters is 1. The Morgan fingerprint density at radius 2 is 2.06 bits per heavy atom. The van der Waals surface area contributed by atoms with Crippen molar-refractivity contribution in [2.45, 2.75) is 17.9 Å². The molecule has 1 heterocycles. The number of nitrogens with one attached hydrogen (secondary N) is 1. The summed E-state index contributed by atoms with van der Waals surface area (Å²) in [5, 5.41) is 0. The molecule has 0 bridgehead atoms. The molecule has 1 aliphatic rings. The highest BCUT2D eigenvalue weighted by atomic mass is 32.2. The van der Waals surface area contributed by atoms with Gasteiger partial charge in [-0.2, -0.15) is 0 Å². The fourth-order valence-electron chi connectivity index (χ4n) is 1.65. The number of methoxy groups -OCH3 is 1. The summed E-state index contributed by atoms with van der Waals surface area (Å²) in [6, 6.07) is 5.70. The first kappa shape index (κ1) is 12.6. The van der Waals surface area contributed by atoms with Gasteiger partial charge in [0.1, 0.15) is 11.9 Å². The Balaban J connectivity index is 2.45. The third-order valence-electron chi connectivity index (χ3n) is 2.53. The van der Waals surface area contributed by atoms with Gasteiger partial charge in [0.2, 0.25) is 0 Å². The van der Waals surface area contributed by atoms with Crippen molar-refractivity contribution in [3.05, 3.63) is 29.8 Å².